The Labute approximate surface area is 141 Å². The van der Waals surface area contributed by atoms with Crippen molar-refractivity contribution in [3.63, 3.8) is 0 Å². The van der Waals surface area contributed by atoms with Gasteiger partial charge in [-0.3, -0.25) is 0 Å². The number of hydrogen-bond acceptors (Lipinski definition) is 3. The minimum Gasteiger partial charge on any atom is -0.465 e. The van der Waals surface area contributed by atoms with Crippen LogP contribution < -0.4 is 5.32 Å². The largest absolute Gasteiger partial charge is 0.465 e. The van der Waals surface area contributed by atoms with Crippen LogP contribution in [0.25, 0.3) is 0 Å². The number of benzene rings is 2. The number of carbonyl (C=O) groups excluding carboxylic acids is 1. The molecule has 0 aliphatic carbocycles. The molecule has 0 atom stereocenters. The number of ether oxygens (including phenoxy) is 1. The number of methoxy groups -OCH3 is 1. The van der Waals surface area contributed by atoms with E-state index >= 15 is 0 Å². The van der Waals surface area contributed by atoms with Gasteiger partial charge in [-0.05, 0) is 42.0 Å². The number of halogens is 3. The Kier molecular flexibility index (Phi) is 5.51. The van der Waals surface area contributed by atoms with Crippen molar-refractivity contribution < 1.29 is 9.53 Å². The zero-order chi connectivity index (χ0) is 15.4. The highest BCUT2D eigenvalue weighted by Crippen LogP contribution is 2.25. The Morgan fingerprint density at radius 1 is 1.24 bits per heavy atom. The van der Waals surface area contributed by atoms with Gasteiger partial charge in [-0.2, -0.15) is 0 Å². The molecule has 0 saturated heterocycles. The third-order valence-electron chi connectivity index (χ3n) is 2.86. The van der Waals surface area contributed by atoms with Crippen LogP contribution >= 0.6 is 39.1 Å². The van der Waals surface area contributed by atoms with Crippen LogP contribution in [0.1, 0.15) is 15.9 Å². The smallest absolute Gasteiger partial charge is 0.339 e. The number of esters is 1. The lowest BCUT2D eigenvalue weighted by Gasteiger charge is -2.12. The first kappa shape index (κ1) is 16.1. The molecule has 1 N–H and O–H groups in total. The molecule has 3 nitrogen and oxygen atoms in total. The molecule has 0 heterocycles. The van der Waals surface area contributed by atoms with Crippen LogP contribution in [-0.4, -0.2) is 13.1 Å². The zero-order valence-electron chi connectivity index (χ0n) is 11.1. The van der Waals surface area contributed by atoms with Gasteiger partial charge in [0.2, 0.25) is 0 Å². The van der Waals surface area contributed by atoms with E-state index in [1.165, 1.54) is 7.11 Å². The second kappa shape index (κ2) is 7.16. The first-order chi connectivity index (χ1) is 10.0. The molecule has 0 unspecified atom stereocenters. The summed E-state index contributed by atoms with van der Waals surface area (Å²) in [6, 6.07) is 10.5. The fourth-order valence-corrected chi connectivity index (χ4v) is 2.58. The fraction of sp³-hybridized carbons (Fsp3) is 0.133. The van der Waals surface area contributed by atoms with Gasteiger partial charge in [0, 0.05) is 21.1 Å². The third-order valence-corrected chi connectivity index (χ3v) is 3.96. The highest BCUT2D eigenvalue weighted by molar-refractivity contribution is 9.10. The molecule has 110 valence electrons. The van der Waals surface area contributed by atoms with E-state index in [0.717, 1.165) is 10.0 Å². The Morgan fingerprint density at radius 2 is 2.00 bits per heavy atom. The van der Waals surface area contributed by atoms with E-state index in [4.69, 9.17) is 27.9 Å². The van der Waals surface area contributed by atoms with Gasteiger partial charge in [-0.1, -0.05) is 39.1 Å². The molecule has 6 heteroatoms. The van der Waals surface area contributed by atoms with E-state index in [1.54, 1.807) is 18.2 Å². The van der Waals surface area contributed by atoms with E-state index in [2.05, 4.69) is 21.2 Å². The summed E-state index contributed by atoms with van der Waals surface area (Å²) in [4.78, 5) is 11.7. The maximum absolute atomic E-state index is 11.7. The lowest BCUT2D eigenvalue weighted by atomic mass is 10.1. The van der Waals surface area contributed by atoms with Crippen molar-refractivity contribution in [3.8, 4) is 0 Å². The summed E-state index contributed by atoms with van der Waals surface area (Å²) in [5.41, 5.74) is 1.93. The van der Waals surface area contributed by atoms with Gasteiger partial charge in [0.1, 0.15) is 0 Å². The Balaban J connectivity index is 2.25. The summed E-state index contributed by atoms with van der Waals surface area (Å²) in [6.07, 6.45) is 0. The van der Waals surface area contributed by atoms with Crippen LogP contribution in [0.3, 0.4) is 0 Å². The van der Waals surface area contributed by atoms with Crippen molar-refractivity contribution in [2.45, 2.75) is 6.54 Å². The number of rotatable bonds is 4. The Bertz CT molecular complexity index is 677. The zero-order valence-corrected chi connectivity index (χ0v) is 14.2. The molecule has 0 amide bonds. The second-order valence-corrected chi connectivity index (χ2v) is 6.03. The molecule has 0 aromatic heterocycles. The molecule has 0 fully saturated rings. The lowest BCUT2D eigenvalue weighted by molar-refractivity contribution is 0.0602. The number of hydrogen-bond donors (Lipinski definition) is 1. The molecule has 21 heavy (non-hydrogen) atoms. The van der Waals surface area contributed by atoms with Crippen molar-refractivity contribution in [1.82, 2.24) is 0 Å². The summed E-state index contributed by atoms with van der Waals surface area (Å²) in [5.74, 6) is -0.422. The van der Waals surface area contributed by atoms with E-state index in [9.17, 15) is 4.79 Å². The lowest BCUT2D eigenvalue weighted by Crippen LogP contribution is -2.08. The summed E-state index contributed by atoms with van der Waals surface area (Å²) in [5, 5.41) is 4.34. The Morgan fingerprint density at radius 3 is 2.71 bits per heavy atom. The quantitative estimate of drug-likeness (QED) is 0.735. The van der Waals surface area contributed by atoms with Crippen molar-refractivity contribution in [3.05, 3.63) is 62.0 Å². The SMILES string of the molecule is COC(=O)c1ccc(Cl)cc1NCc1cc(Br)ccc1Cl. The second-order valence-electron chi connectivity index (χ2n) is 4.27. The maximum atomic E-state index is 11.7. The maximum Gasteiger partial charge on any atom is 0.339 e. The normalized spacial score (nSPS) is 10.3. The molecular weight excluding hydrogens is 377 g/mol. The molecule has 0 aliphatic heterocycles. The van der Waals surface area contributed by atoms with Crippen LogP contribution in [0.15, 0.2) is 40.9 Å². The summed E-state index contributed by atoms with van der Waals surface area (Å²) < 4.78 is 5.69. The van der Waals surface area contributed by atoms with Gasteiger partial charge in [0.15, 0.2) is 0 Å². The van der Waals surface area contributed by atoms with Gasteiger partial charge in [0.25, 0.3) is 0 Å². The topological polar surface area (TPSA) is 38.3 Å². The van der Waals surface area contributed by atoms with Gasteiger partial charge < -0.3 is 10.1 Å². The minimum atomic E-state index is -0.422. The highest BCUT2D eigenvalue weighted by atomic mass is 79.9. The van der Waals surface area contributed by atoms with E-state index in [1.807, 2.05) is 18.2 Å². The predicted octanol–water partition coefficient (Wildman–Crippen LogP) is 5.15. The van der Waals surface area contributed by atoms with Crippen LogP contribution in [0.2, 0.25) is 10.0 Å². The summed E-state index contributed by atoms with van der Waals surface area (Å²) in [7, 11) is 1.34. The summed E-state index contributed by atoms with van der Waals surface area (Å²) >= 11 is 15.5. The fourth-order valence-electron chi connectivity index (χ4n) is 1.82. The van der Waals surface area contributed by atoms with Crippen molar-refractivity contribution >= 4 is 50.8 Å². The third kappa shape index (κ3) is 4.13. The number of nitrogens with one attached hydrogen (secondary N) is 1. The Hall–Kier alpha value is -1.23. The van der Waals surface area contributed by atoms with Gasteiger partial charge in [-0.15, -0.1) is 0 Å². The number of carbonyl (C=O) groups is 1. The van der Waals surface area contributed by atoms with Crippen molar-refractivity contribution in [2.75, 3.05) is 12.4 Å². The van der Waals surface area contributed by atoms with Gasteiger partial charge in [0.05, 0.1) is 18.4 Å². The van der Waals surface area contributed by atoms with E-state index in [-0.39, 0.29) is 0 Å². The molecule has 0 radical (unpaired) electrons. The van der Waals surface area contributed by atoms with Crippen LogP contribution in [0, 0.1) is 0 Å². The monoisotopic (exact) mass is 387 g/mol. The first-order valence-corrected chi connectivity index (χ1v) is 7.62. The van der Waals surface area contributed by atoms with E-state index in [0.29, 0.717) is 27.8 Å². The molecule has 0 saturated carbocycles. The first-order valence-electron chi connectivity index (χ1n) is 6.07. The van der Waals surface area contributed by atoms with Crippen molar-refractivity contribution in [1.29, 1.82) is 0 Å². The molecular formula is C15H12BrCl2NO2. The highest BCUT2D eigenvalue weighted by Gasteiger charge is 2.12. The number of anilines is 1. The van der Waals surface area contributed by atoms with E-state index < -0.39 is 5.97 Å². The summed E-state index contributed by atoms with van der Waals surface area (Å²) in [6.45, 7) is 0.461. The molecule has 0 aliphatic rings. The van der Waals surface area contributed by atoms with Crippen LogP contribution in [0.4, 0.5) is 5.69 Å². The average molecular weight is 389 g/mol. The van der Waals surface area contributed by atoms with Gasteiger partial charge in [-0.25, -0.2) is 4.79 Å². The minimum absolute atomic E-state index is 0.422. The van der Waals surface area contributed by atoms with Crippen LogP contribution in [-0.2, 0) is 11.3 Å². The molecule has 0 bridgehead atoms. The van der Waals surface area contributed by atoms with Crippen molar-refractivity contribution in [2.24, 2.45) is 0 Å². The van der Waals surface area contributed by atoms with Gasteiger partial charge >= 0.3 is 5.97 Å². The predicted molar refractivity (Wildman–Crippen MR) is 89.3 cm³/mol. The molecule has 2 aromatic carbocycles. The average Bonchev–Trinajstić information content (AvgIpc) is 2.47. The molecule has 0 spiro atoms. The standard InChI is InChI=1S/C15H12BrCl2NO2/c1-21-15(20)12-4-3-11(17)7-14(12)19-8-9-6-10(16)2-5-13(9)18/h2-7,19H,8H2,1H3. The molecule has 2 aromatic rings. The molecule has 2 rings (SSSR count). The van der Waals surface area contributed by atoms with Crippen LogP contribution in [0.5, 0.6) is 0 Å².